The van der Waals surface area contributed by atoms with Gasteiger partial charge in [-0.1, -0.05) is 6.92 Å². The Morgan fingerprint density at radius 3 is 2.38 bits per heavy atom. The van der Waals surface area contributed by atoms with E-state index < -0.39 is 6.29 Å². The van der Waals surface area contributed by atoms with Crippen LogP contribution in [0, 0.1) is 5.92 Å². The minimum Gasteiger partial charge on any atom is -0.481 e. The van der Waals surface area contributed by atoms with Crippen LogP contribution in [-0.2, 0) is 15.9 Å². The number of benzene rings is 1. The number of methoxy groups -OCH3 is 3. The van der Waals surface area contributed by atoms with Gasteiger partial charge < -0.3 is 18.9 Å². The molecule has 0 spiro atoms. The molecule has 2 rings (SSSR count). The van der Waals surface area contributed by atoms with Crippen molar-refractivity contribution in [2.75, 3.05) is 21.3 Å². The van der Waals surface area contributed by atoms with Gasteiger partial charge in [-0.25, -0.2) is 9.78 Å². The van der Waals surface area contributed by atoms with Gasteiger partial charge in [0.2, 0.25) is 12.2 Å². The van der Waals surface area contributed by atoms with Crippen molar-refractivity contribution in [2.45, 2.75) is 19.6 Å². The van der Waals surface area contributed by atoms with Crippen LogP contribution in [0.3, 0.4) is 0 Å². The summed E-state index contributed by atoms with van der Waals surface area (Å²) in [5, 5.41) is 0. The summed E-state index contributed by atoms with van der Waals surface area (Å²) in [5.74, 6) is 0.802. The molecule has 2 atom stereocenters. The van der Waals surface area contributed by atoms with Crippen LogP contribution in [0.25, 0.3) is 0 Å². The maximum atomic E-state index is 11.5. The summed E-state index contributed by atoms with van der Waals surface area (Å²) >= 11 is 3.51. The monoisotopic (exact) mass is 423 g/mol. The molecule has 0 aliphatic carbocycles. The Kier molecular flexibility index (Phi) is 7.41. The first-order valence-electron chi connectivity index (χ1n) is 8.05. The van der Waals surface area contributed by atoms with E-state index in [0.717, 1.165) is 10.2 Å². The van der Waals surface area contributed by atoms with E-state index in [9.17, 15) is 4.79 Å². The van der Waals surface area contributed by atoms with Gasteiger partial charge >= 0.3 is 5.97 Å². The van der Waals surface area contributed by atoms with Gasteiger partial charge in [0, 0.05) is 23.6 Å². The molecule has 0 saturated heterocycles. The minimum absolute atomic E-state index is 0.0242. The Morgan fingerprint density at radius 1 is 1.12 bits per heavy atom. The van der Waals surface area contributed by atoms with Gasteiger partial charge in [-0.3, -0.25) is 0 Å². The van der Waals surface area contributed by atoms with E-state index in [4.69, 9.17) is 14.2 Å². The van der Waals surface area contributed by atoms with Crippen LogP contribution in [0.1, 0.15) is 23.0 Å². The topological polar surface area (TPSA) is 66.9 Å². The van der Waals surface area contributed by atoms with E-state index >= 15 is 0 Å². The van der Waals surface area contributed by atoms with Crippen LogP contribution in [0.2, 0.25) is 0 Å². The fraction of sp³-hybridized carbons (Fsp3) is 0.368. The summed E-state index contributed by atoms with van der Waals surface area (Å²) in [6, 6.07) is 10.4. The second kappa shape index (κ2) is 9.54. The van der Waals surface area contributed by atoms with Gasteiger partial charge in [0.1, 0.15) is 5.75 Å². The summed E-state index contributed by atoms with van der Waals surface area (Å²) in [5.41, 5.74) is 1.33. The molecule has 0 N–H and O–H groups in total. The molecule has 0 amide bonds. The highest BCUT2D eigenvalue weighted by Crippen LogP contribution is 2.25. The molecule has 0 bridgehead atoms. The molecule has 140 valence electrons. The van der Waals surface area contributed by atoms with Gasteiger partial charge in [-0.15, -0.1) is 0 Å². The number of hydrogen-bond acceptors (Lipinski definition) is 6. The Hall–Kier alpha value is -2.12. The lowest BCUT2D eigenvalue weighted by Gasteiger charge is -2.24. The number of esters is 1. The highest BCUT2D eigenvalue weighted by molar-refractivity contribution is 9.10. The standard InChI is InChI=1S/C19H22BrNO5/c1-12(11-16-15(20)9-10-17(21-16)23-2)19(25-4)26-14-7-5-13(6-8-14)18(22)24-3/h5-10,12,19H,11H2,1-4H3. The highest BCUT2D eigenvalue weighted by atomic mass is 79.9. The van der Waals surface area contributed by atoms with E-state index in [-0.39, 0.29) is 11.9 Å². The summed E-state index contributed by atoms with van der Waals surface area (Å²) < 4.78 is 22.2. The van der Waals surface area contributed by atoms with Crippen LogP contribution >= 0.6 is 15.9 Å². The first-order chi connectivity index (χ1) is 12.5. The highest BCUT2D eigenvalue weighted by Gasteiger charge is 2.21. The molecule has 7 heteroatoms. The number of rotatable bonds is 8. The molecule has 0 aliphatic rings. The molecule has 26 heavy (non-hydrogen) atoms. The van der Waals surface area contributed by atoms with E-state index in [2.05, 4.69) is 25.7 Å². The molecular weight excluding hydrogens is 402 g/mol. The molecule has 0 saturated carbocycles. The second-order valence-corrected chi connectivity index (χ2v) is 6.56. The Bertz CT molecular complexity index is 735. The van der Waals surface area contributed by atoms with Gasteiger partial charge in [-0.05, 0) is 52.7 Å². The van der Waals surface area contributed by atoms with E-state index in [1.807, 2.05) is 13.0 Å². The summed E-state index contributed by atoms with van der Waals surface area (Å²) in [6.45, 7) is 2.02. The number of carbonyl (C=O) groups excluding carboxylic acids is 1. The van der Waals surface area contributed by atoms with Gasteiger partial charge in [0.05, 0.1) is 25.5 Å². The minimum atomic E-state index is -0.473. The predicted octanol–water partition coefficient (Wildman–Crippen LogP) is 3.87. The average Bonchev–Trinajstić information content (AvgIpc) is 2.67. The number of aromatic nitrogens is 1. The lowest BCUT2D eigenvalue weighted by atomic mass is 10.0. The fourth-order valence-corrected chi connectivity index (χ4v) is 2.82. The third kappa shape index (κ3) is 5.19. The third-order valence-corrected chi connectivity index (χ3v) is 4.56. The first kappa shape index (κ1) is 20.2. The van der Waals surface area contributed by atoms with Crippen molar-refractivity contribution in [1.29, 1.82) is 0 Å². The van der Waals surface area contributed by atoms with Gasteiger partial charge in [0.15, 0.2) is 0 Å². The zero-order valence-electron chi connectivity index (χ0n) is 15.2. The summed E-state index contributed by atoms with van der Waals surface area (Å²) in [4.78, 5) is 16.0. The molecule has 2 unspecified atom stereocenters. The number of hydrogen-bond donors (Lipinski definition) is 0. The van der Waals surface area contributed by atoms with Crippen molar-refractivity contribution < 1.29 is 23.7 Å². The van der Waals surface area contributed by atoms with Crippen molar-refractivity contribution in [2.24, 2.45) is 5.92 Å². The van der Waals surface area contributed by atoms with E-state index in [1.54, 1.807) is 44.6 Å². The van der Waals surface area contributed by atoms with Crippen molar-refractivity contribution in [1.82, 2.24) is 4.98 Å². The molecule has 6 nitrogen and oxygen atoms in total. The van der Waals surface area contributed by atoms with Crippen LogP contribution < -0.4 is 9.47 Å². The number of halogens is 1. The smallest absolute Gasteiger partial charge is 0.337 e. The molecule has 0 radical (unpaired) electrons. The number of carbonyl (C=O) groups is 1. The molecule has 1 heterocycles. The molecule has 0 aliphatic heterocycles. The number of nitrogens with zero attached hydrogens (tertiary/aromatic N) is 1. The zero-order valence-corrected chi connectivity index (χ0v) is 16.8. The quantitative estimate of drug-likeness (QED) is 0.474. The molecule has 2 aromatic rings. The normalized spacial score (nSPS) is 13.0. The fourth-order valence-electron chi connectivity index (χ4n) is 2.44. The Morgan fingerprint density at radius 2 is 1.81 bits per heavy atom. The van der Waals surface area contributed by atoms with Crippen molar-refractivity contribution in [3.8, 4) is 11.6 Å². The Balaban J connectivity index is 2.06. The van der Waals surface area contributed by atoms with E-state index in [0.29, 0.717) is 23.6 Å². The number of ether oxygens (including phenoxy) is 4. The zero-order chi connectivity index (χ0) is 19.1. The largest absolute Gasteiger partial charge is 0.481 e. The van der Waals surface area contributed by atoms with Crippen LogP contribution in [-0.4, -0.2) is 38.6 Å². The maximum absolute atomic E-state index is 11.5. The van der Waals surface area contributed by atoms with Gasteiger partial charge in [-0.2, -0.15) is 0 Å². The molecule has 0 fully saturated rings. The second-order valence-electron chi connectivity index (χ2n) is 5.70. The van der Waals surface area contributed by atoms with Crippen molar-refractivity contribution in [3.05, 3.63) is 52.1 Å². The lowest BCUT2D eigenvalue weighted by molar-refractivity contribution is -0.0880. The predicted molar refractivity (Wildman–Crippen MR) is 101 cm³/mol. The third-order valence-electron chi connectivity index (χ3n) is 3.84. The van der Waals surface area contributed by atoms with Crippen molar-refractivity contribution in [3.63, 3.8) is 0 Å². The first-order valence-corrected chi connectivity index (χ1v) is 8.85. The van der Waals surface area contributed by atoms with Gasteiger partial charge in [0.25, 0.3) is 0 Å². The van der Waals surface area contributed by atoms with Crippen LogP contribution in [0.15, 0.2) is 40.9 Å². The molecule has 1 aromatic carbocycles. The SMILES string of the molecule is COC(=O)c1ccc(OC(OC)C(C)Cc2nc(OC)ccc2Br)cc1. The molecular formula is C19H22BrNO5. The molecule has 1 aromatic heterocycles. The maximum Gasteiger partial charge on any atom is 0.337 e. The van der Waals surface area contributed by atoms with E-state index in [1.165, 1.54) is 7.11 Å². The lowest BCUT2D eigenvalue weighted by Crippen LogP contribution is -2.29. The summed E-state index contributed by atoms with van der Waals surface area (Å²) in [7, 11) is 4.53. The van der Waals surface area contributed by atoms with Crippen LogP contribution in [0.4, 0.5) is 0 Å². The Labute approximate surface area is 161 Å². The number of pyridine rings is 1. The van der Waals surface area contributed by atoms with Crippen molar-refractivity contribution >= 4 is 21.9 Å². The average molecular weight is 424 g/mol. The van der Waals surface area contributed by atoms with Crippen LogP contribution in [0.5, 0.6) is 11.6 Å². The summed E-state index contributed by atoms with van der Waals surface area (Å²) in [6.07, 6.45) is 0.162.